The normalized spacial score (nSPS) is 12.5. The van der Waals surface area contributed by atoms with E-state index in [1.165, 1.54) is 63.5 Å². The van der Waals surface area contributed by atoms with Crippen molar-refractivity contribution < 1.29 is 8.85 Å². The summed E-state index contributed by atoms with van der Waals surface area (Å²) in [5, 5.41) is 0. The first-order valence-corrected chi connectivity index (χ1v) is 12.5. The van der Waals surface area contributed by atoms with Gasteiger partial charge in [0.25, 0.3) is 0 Å². The SMILES string of the molecule is CCO[Si](CCCCCC(C)C)(CCCCCC(C)C)OCC. The van der Waals surface area contributed by atoms with Gasteiger partial charge in [0.05, 0.1) is 0 Å². The van der Waals surface area contributed by atoms with Crippen molar-refractivity contribution in [1.82, 2.24) is 0 Å². The molecule has 0 spiro atoms. The first kappa shape index (κ1) is 23.1. The van der Waals surface area contributed by atoms with Gasteiger partial charge in [-0.15, -0.1) is 0 Å². The summed E-state index contributed by atoms with van der Waals surface area (Å²) >= 11 is 0. The molecule has 0 aliphatic carbocycles. The van der Waals surface area contributed by atoms with Crippen molar-refractivity contribution in [2.24, 2.45) is 11.8 Å². The second kappa shape index (κ2) is 14.5. The molecule has 2 nitrogen and oxygen atoms in total. The van der Waals surface area contributed by atoms with Gasteiger partial charge in [-0.2, -0.15) is 0 Å². The van der Waals surface area contributed by atoms with Gasteiger partial charge in [-0.3, -0.25) is 0 Å². The van der Waals surface area contributed by atoms with Crippen LogP contribution in [0.25, 0.3) is 0 Å². The summed E-state index contributed by atoms with van der Waals surface area (Å²) in [4.78, 5) is 0. The molecular formula is C20H44O2Si. The number of rotatable bonds is 16. The van der Waals surface area contributed by atoms with Crippen LogP contribution in [0, 0.1) is 11.8 Å². The van der Waals surface area contributed by atoms with E-state index in [1.54, 1.807) is 0 Å². The van der Waals surface area contributed by atoms with E-state index in [4.69, 9.17) is 8.85 Å². The zero-order valence-electron chi connectivity index (χ0n) is 17.0. The fraction of sp³-hybridized carbons (Fsp3) is 1.00. The summed E-state index contributed by atoms with van der Waals surface area (Å²) in [6.07, 6.45) is 10.7. The lowest BCUT2D eigenvalue weighted by molar-refractivity contribution is 0.180. The average Bonchev–Trinajstić information content (AvgIpc) is 2.46. The van der Waals surface area contributed by atoms with Gasteiger partial charge in [0.2, 0.25) is 0 Å². The van der Waals surface area contributed by atoms with E-state index in [0.717, 1.165) is 25.0 Å². The van der Waals surface area contributed by atoms with Crippen LogP contribution in [-0.2, 0) is 8.85 Å². The van der Waals surface area contributed by atoms with Gasteiger partial charge < -0.3 is 8.85 Å². The molecule has 0 bridgehead atoms. The molecule has 0 aliphatic rings. The Morgan fingerprint density at radius 2 is 1.00 bits per heavy atom. The predicted octanol–water partition coefficient (Wildman–Crippen LogP) is 6.93. The van der Waals surface area contributed by atoms with E-state index in [1.807, 2.05) is 0 Å². The summed E-state index contributed by atoms with van der Waals surface area (Å²) in [6, 6.07) is 2.38. The third-order valence-corrected chi connectivity index (χ3v) is 8.35. The Morgan fingerprint density at radius 3 is 1.30 bits per heavy atom. The minimum Gasteiger partial charge on any atom is -0.394 e. The van der Waals surface area contributed by atoms with Crippen LogP contribution in [0.3, 0.4) is 0 Å². The number of hydrogen-bond acceptors (Lipinski definition) is 2. The van der Waals surface area contributed by atoms with Crippen LogP contribution >= 0.6 is 0 Å². The van der Waals surface area contributed by atoms with Crippen molar-refractivity contribution in [1.29, 1.82) is 0 Å². The first-order valence-electron chi connectivity index (χ1n) is 10.2. The van der Waals surface area contributed by atoms with E-state index in [2.05, 4.69) is 41.5 Å². The highest BCUT2D eigenvalue weighted by molar-refractivity contribution is 6.67. The molecular weight excluding hydrogens is 300 g/mol. The maximum Gasteiger partial charge on any atom is 0.338 e. The molecule has 0 aromatic rings. The standard InChI is InChI=1S/C20H44O2Si/c1-7-21-23(22-8-2,17-13-9-11-15-19(3)4)18-14-10-12-16-20(5)6/h19-20H,7-18H2,1-6H3. The van der Waals surface area contributed by atoms with E-state index < -0.39 is 8.56 Å². The van der Waals surface area contributed by atoms with Crippen LogP contribution in [0.4, 0.5) is 0 Å². The monoisotopic (exact) mass is 344 g/mol. The van der Waals surface area contributed by atoms with Crippen LogP contribution in [0.1, 0.15) is 92.9 Å². The fourth-order valence-electron chi connectivity index (χ4n) is 3.23. The molecule has 0 heterocycles. The third kappa shape index (κ3) is 13.1. The van der Waals surface area contributed by atoms with Crippen LogP contribution in [0.15, 0.2) is 0 Å². The van der Waals surface area contributed by atoms with Gasteiger partial charge in [-0.05, 0) is 37.8 Å². The molecule has 0 atom stereocenters. The first-order chi connectivity index (χ1) is 11.0. The molecule has 0 aromatic carbocycles. The summed E-state index contributed by atoms with van der Waals surface area (Å²) in [5.41, 5.74) is 0. The van der Waals surface area contributed by atoms with Gasteiger partial charge >= 0.3 is 8.56 Å². The van der Waals surface area contributed by atoms with Crippen LogP contribution in [0.2, 0.25) is 12.1 Å². The molecule has 0 amide bonds. The Kier molecular flexibility index (Phi) is 14.6. The molecule has 0 aromatic heterocycles. The Balaban J connectivity index is 4.21. The smallest absolute Gasteiger partial charge is 0.338 e. The average molecular weight is 345 g/mol. The van der Waals surface area contributed by atoms with Gasteiger partial charge in [-0.25, -0.2) is 0 Å². The van der Waals surface area contributed by atoms with E-state index in [0.29, 0.717) is 0 Å². The highest BCUT2D eigenvalue weighted by Gasteiger charge is 2.35. The summed E-state index contributed by atoms with van der Waals surface area (Å²) < 4.78 is 12.5. The molecule has 0 saturated heterocycles. The molecule has 0 radical (unpaired) electrons. The lowest BCUT2D eigenvalue weighted by Crippen LogP contribution is -2.42. The van der Waals surface area contributed by atoms with E-state index >= 15 is 0 Å². The Hall–Kier alpha value is 0.137. The van der Waals surface area contributed by atoms with Gasteiger partial charge in [0.1, 0.15) is 0 Å². The molecule has 0 saturated carbocycles. The molecule has 3 heteroatoms. The summed E-state index contributed by atoms with van der Waals surface area (Å²) in [6.45, 7) is 15.1. The topological polar surface area (TPSA) is 18.5 Å². The van der Waals surface area contributed by atoms with E-state index in [-0.39, 0.29) is 0 Å². The minimum absolute atomic E-state index is 0.810. The van der Waals surface area contributed by atoms with Gasteiger partial charge in [-0.1, -0.05) is 79.1 Å². The van der Waals surface area contributed by atoms with Crippen molar-refractivity contribution in [3.8, 4) is 0 Å². The van der Waals surface area contributed by atoms with Crippen molar-refractivity contribution in [2.75, 3.05) is 13.2 Å². The predicted molar refractivity (Wildman–Crippen MR) is 105 cm³/mol. The molecule has 0 rings (SSSR count). The zero-order valence-corrected chi connectivity index (χ0v) is 18.0. The summed E-state index contributed by atoms with van der Waals surface area (Å²) in [5.74, 6) is 1.66. The van der Waals surface area contributed by atoms with Crippen molar-refractivity contribution >= 4 is 8.56 Å². The molecule has 0 aliphatic heterocycles. The third-order valence-electron chi connectivity index (χ3n) is 4.49. The van der Waals surface area contributed by atoms with Crippen molar-refractivity contribution in [3.63, 3.8) is 0 Å². The maximum absolute atomic E-state index is 6.24. The van der Waals surface area contributed by atoms with Crippen LogP contribution in [-0.4, -0.2) is 21.8 Å². The highest BCUT2D eigenvalue weighted by atomic mass is 28.4. The molecule has 0 N–H and O–H groups in total. The van der Waals surface area contributed by atoms with Crippen LogP contribution < -0.4 is 0 Å². The molecule has 23 heavy (non-hydrogen) atoms. The highest BCUT2D eigenvalue weighted by Crippen LogP contribution is 2.26. The Bertz CT molecular complexity index is 228. The second-order valence-corrected chi connectivity index (χ2v) is 11.2. The second-order valence-electron chi connectivity index (χ2n) is 7.76. The molecule has 0 fully saturated rings. The number of hydrogen-bond donors (Lipinski definition) is 0. The lowest BCUT2D eigenvalue weighted by Gasteiger charge is -2.30. The lowest BCUT2D eigenvalue weighted by atomic mass is 10.1. The Labute approximate surface area is 148 Å². The van der Waals surface area contributed by atoms with E-state index in [9.17, 15) is 0 Å². The van der Waals surface area contributed by atoms with Crippen molar-refractivity contribution in [2.45, 2.75) is 105 Å². The minimum atomic E-state index is -1.95. The van der Waals surface area contributed by atoms with Gasteiger partial charge in [0.15, 0.2) is 0 Å². The fourth-order valence-corrected chi connectivity index (χ4v) is 6.77. The zero-order chi connectivity index (χ0) is 17.6. The quantitative estimate of drug-likeness (QED) is 0.223. The Morgan fingerprint density at radius 1 is 0.609 bits per heavy atom. The van der Waals surface area contributed by atoms with Crippen molar-refractivity contribution in [3.05, 3.63) is 0 Å². The molecule has 0 unspecified atom stereocenters. The molecule has 140 valence electrons. The van der Waals surface area contributed by atoms with Gasteiger partial charge in [0, 0.05) is 13.2 Å². The summed E-state index contributed by atoms with van der Waals surface area (Å²) in [7, 11) is -1.95. The largest absolute Gasteiger partial charge is 0.394 e. The van der Waals surface area contributed by atoms with Crippen LogP contribution in [0.5, 0.6) is 0 Å². The maximum atomic E-state index is 6.24. The number of unbranched alkanes of at least 4 members (excludes halogenated alkanes) is 4.